The number of anilines is 2. The molecular weight excluding hydrogens is 330 g/mol. The molecule has 0 saturated carbocycles. The number of rotatable bonds is 2. The summed E-state index contributed by atoms with van der Waals surface area (Å²) in [6, 6.07) is 20.0. The molecule has 0 radical (unpaired) electrons. The predicted octanol–water partition coefficient (Wildman–Crippen LogP) is 4.70. The summed E-state index contributed by atoms with van der Waals surface area (Å²) in [5.74, 6) is 0. The molecule has 136 valence electrons. The molecule has 0 aliphatic carbocycles. The second-order valence-corrected chi connectivity index (χ2v) is 7.96. The third-order valence-electron chi connectivity index (χ3n) is 6.10. The second-order valence-electron chi connectivity index (χ2n) is 7.96. The average molecular weight is 356 g/mol. The largest absolute Gasteiger partial charge is 0.318 e. The molecule has 5 rings (SSSR count). The number of para-hydroxylation sites is 2. The Balaban J connectivity index is 1.71. The molecule has 3 nitrogen and oxygen atoms in total. The molecule has 27 heavy (non-hydrogen) atoms. The highest BCUT2D eigenvalue weighted by Crippen LogP contribution is 2.41. The lowest BCUT2D eigenvalue weighted by Gasteiger charge is -2.31. The fourth-order valence-electron chi connectivity index (χ4n) is 5.04. The Morgan fingerprint density at radius 2 is 1.00 bits per heavy atom. The van der Waals surface area contributed by atoms with Crippen molar-refractivity contribution in [3.63, 3.8) is 0 Å². The predicted molar refractivity (Wildman–Crippen MR) is 110 cm³/mol. The number of pyridine rings is 1. The van der Waals surface area contributed by atoms with E-state index in [2.05, 4.69) is 96.7 Å². The number of hydrogen-bond acceptors (Lipinski definition) is 2. The van der Waals surface area contributed by atoms with Gasteiger partial charge in [0.05, 0.1) is 11.4 Å². The maximum absolute atomic E-state index is 2.59. The van der Waals surface area contributed by atoms with E-state index >= 15 is 0 Å². The lowest BCUT2D eigenvalue weighted by Crippen LogP contribution is -2.48. The van der Waals surface area contributed by atoms with Crippen LogP contribution in [0.25, 0.3) is 0 Å². The van der Waals surface area contributed by atoms with E-state index in [0.29, 0.717) is 0 Å². The van der Waals surface area contributed by atoms with Gasteiger partial charge < -0.3 is 0 Å². The van der Waals surface area contributed by atoms with Gasteiger partial charge in [0.2, 0.25) is 11.4 Å². The van der Waals surface area contributed by atoms with Crippen LogP contribution in [-0.4, -0.2) is 0 Å². The maximum atomic E-state index is 2.59. The van der Waals surface area contributed by atoms with Gasteiger partial charge in [-0.2, -0.15) is 4.57 Å². The molecule has 0 spiro atoms. The van der Waals surface area contributed by atoms with E-state index in [1.54, 1.807) is 0 Å². The van der Waals surface area contributed by atoms with E-state index < -0.39 is 0 Å². The first-order chi connectivity index (χ1) is 13.1. The van der Waals surface area contributed by atoms with Gasteiger partial charge in [-0.25, -0.2) is 0 Å². The van der Waals surface area contributed by atoms with Crippen molar-refractivity contribution in [1.82, 2.24) is 0 Å². The van der Waals surface area contributed by atoms with Gasteiger partial charge in [-0.05, 0) is 56.0 Å². The van der Waals surface area contributed by atoms with Gasteiger partial charge >= 0.3 is 6.29 Å². The van der Waals surface area contributed by atoms with Crippen molar-refractivity contribution in [3.8, 4) is 0 Å². The van der Waals surface area contributed by atoms with Crippen LogP contribution in [0.4, 0.5) is 11.4 Å². The summed E-state index contributed by atoms with van der Waals surface area (Å²) >= 11 is 0. The number of benzene rings is 2. The van der Waals surface area contributed by atoms with E-state index in [0.717, 1.165) is 13.1 Å². The van der Waals surface area contributed by atoms with Gasteiger partial charge in [-0.3, -0.25) is 9.80 Å². The Morgan fingerprint density at radius 1 is 0.630 bits per heavy atom. The molecule has 3 heteroatoms. The van der Waals surface area contributed by atoms with Gasteiger partial charge in [0, 0.05) is 12.1 Å². The van der Waals surface area contributed by atoms with E-state index in [1.807, 2.05) is 0 Å². The highest BCUT2D eigenvalue weighted by atomic mass is 15.5. The Labute approximate surface area is 161 Å². The van der Waals surface area contributed by atoms with E-state index in [-0.39, 0.29) is 6.29 Å². The van der Waals surface area contributed by atoms with Gasteiger partial charge in [0.25, 0.3) is 0 Å². The van der Waals surface area contributed by atoms with Crippen molar-refractivity contribution in [2.45, 2.75) is 47.1 Å². The summed E-state index contributed by atoms with van der Waals surface area (Å²) < 4.78 is 2.54. The number of nitrogens with zero attached hydrogens (tertiary/aromatic N) is 3. The highest BCUT2D eigenvalue weighted by molar-refractivity contribution is 5.64. The summed E-state index contributed by atoms with van der Waals surface area (Å²) in [6.07, 6.45) is 0.204. The number of hydrogen-bond donors (Lipinski definition) is 0. The SMILES string of the molecule is Cc1cccc(C)c1N1Cc2cccc3[n+]2C1N(c1c(C)cccc1C)C3. The lowest BCUT2D eigenvalue weighted by atomic mass is 10.1. The van der Waals surface area contributed by atoms with Gasteiger partial charge in [0.1, 0.15) is 13.1 Å². The van der Waals surface area contributed by atoms with Crippen molar-refractivity contribution in [1.29, 1.82) is 0 Å². The third-order valence-corrected chi connectivity index (χ3v) is 6.10. The minimum atomic E-state index is 0.204. The van der Waals surface area contributed by atoms with Crippen LogP contribution in [0.3, 0.4) is 0 Å². The topological polar surface area (TPSA) is 10.4 Å². The maximum Gasteiger partial charge on any atom is 0.318 e. The minimum Gasteiger partial charge on any atom is -0.285 e. The molecule has 2 aliphatic heterocycles. The molecular formula is C24H26N3+. The zero-order valence-electron chi connectivity index (χ0n) is 16.5. The van der Waals surface area contributed by atoms with E-state index in [9.17, 15) is 0 Å². The molecule has 3 aromatic rings. The molecule has 0 unspecified atom stereocenters. The fraction of sp³-hybridized carbons (Fsp3) is 0.292. The minimum absolute atomic E-state index is 0.204. The average Bonchev–Trinajstić information content (AvgIpc) is 3.18. The van der Waals surface area contributed by atoms with E-state index in [1.165, 1.54) is 45.0 Å². The zero-order chi connectivity index (χ0) is 18.7. The molecule has 0 amide bonds. The summed E-state index contributed by atoms with van der Waals surface area (Å²) in [5, 5.41) is 0. The number of aromatic nitrogens is 1. The summed E-state index contributed by atoms with van der Waals surface area (Å²) in [5.41, 5.74) is 10.9. The van der Waals surface area contributed by atoms with Crippen LogP contribution in [0.1, 0.15) is 39.9 Å². The normalized spacial score (nSPS) is 15.6. The first kappa shape index (κ1) is 16.4. The van der Waals surface area contributed by atoms with Crippen LogP contribution in [0.5, 0.6) is 0 Å². The molecule has 0 N–H and O–H groups in total. The van der Waals surface area contributed by atoms with Crippen molar-refractivity contribution < 1.29 is 4.57 Å². The molecule has 1 aromatic heterocycles. The molecule has 0 bridgehead atoms. The standard InChI is InChI=1S/C24H26N3/c1-16-8-5-9-17(2)22(16)25-14-20-12-7-13-21-15-26(24(25)27(20)21)23-18(3)10-6-11-19(23)4/h5-13,24H,14-15H2,1-4H3/q+1. The van der Waals surface area contributed by atoms with Crippen molar-refractivity contribution in [3.05, 3.63) is 88.2 Å². The zero-order valence-corrected chi connectivity index (χ0v) is 16.5. The first-order valence-corrected chi connectivity index (χ1v) is 9.74. The Kier molecular flexibility index (Phi) is 3.55. The fourth-order valence-corrected chi connectivity index (χ4v) is 5.04. The van der Waals surface area contributed by atoms with Crippen molar-refractivity contribution in [2.75, 3.05) is 9.80 Å². The lowest BCUT2D eigenvalue weighted by molar-refractivity contribution is -0.708. The number of aryl methyl sites for hydroxylation is 4. The molecule has 0 atom stereocenters. The molecule has 3 heterocycles. The molecule has 2 aliphatic rings. The van der Waals surface area contributed by atoms with E-state index in [4.69, 9.17) is 0 Å². The summed E-state index contributed by atoms with van der Waals surface area (Å²) in [6.45, 7) is 10.8. The van der Waals surface area contributed by atoms with Crippen molar-refractivity contribution >= 4 is 11.4 Å². The summed E-state index contributed by atoms with van der Waals surface area (Å²) in [4.78, 5) is 5.17. The Morgan fingerprint density at radius 3 is 1.41 bits per heavy atom. The van der Waals surface area contributed by atoms with Gasteiger partial charge in [-0.1, -0.05) is 36.4 Å². The smallest absolute Gasteiger partial charge is 0.285 e. The van der Waals surface area contributed by atoms with Gasteiger partial charge in [-0.15, -0.1) is 0 Å². The van der Waals surface area contributed by atoms with Crippen LogP contribution < -0.4 is 14.4 Å². The highest BCUT2D eigenvalue weighted by Gasteiger charge is 2.50. The van der Waals surface area contributed by atoms with Crippen LogP contribution in [0.2, 0.25) is 0 Å². The van der Waals surface area contributed by atoms with Crippen LogP contribution in [-0.2, 0) is 13.1 Å². The Bertz CT molecular complexity index is 933. The quantitative estimate of drug-likeness (QED) is 0.616. The summed E-state index contributed by atoms with van der Waals surface area (Å²) in [7, 11) is 0. The van der Waals surface area contributed by atoms with Gasteiger partial charge in [0.15, 0.2) is 0 Å². The molecule has 0 saturated heterocycles. The monoisotopic (exact) mass is 356 g/mol. The molecule has 0 fully saturated rings. The second kappa shape index (κ2) is 5.85. The third kappa shape index (κ3) is 2.31. The van der Waals surface area contributed by atoms with Crippen LogP contribution >= 0.6 is 0 Å². The Hall–Kier alpha value is -2.81. The molecule has 2 aromatic carbocycles. The first-order valence-electron chi connectivity index (χ1n) is 9.74. The van der Waals surface area contributed by atoms with Crippen LogP contribution in [0, 0.1) is 27.7 Å². The van der Waals surface area contributed by atoms with Crippen molar-refractivity contribution in [2.24, 2.45) is 0 Å². The van der Waals surface area contributed by atoms with Crippen LogP contribution in [0.15, 0.2) is 54.6 Å².